The quantitative estimate of drug-likeness (QED) is 0.665. The second-order valence-corrected chi connectivity index (χ2v) is 8.95. The maximum atomic E-state index is 13.3. The smallest absolute Gasteiger partial charge is 0.255 e. The van der Waals surface area contributed by atoms with Crippen LogP contribution in [-0.2, 0) is 9.84 Å². The van der Waals surface area contributed by atoms with Gasteiger partial charge in [-0.15, -0.1) is 12.4 Å². The lowest BCUT2D eigenvalue weighted by Crippen LogP contribution is -2.36. The number of nitrogens with one attached hydrogen (secondary N) is 2. The van der Waals surface area contributed by atoms with Crippen molar-refractivity contribution in [2.75, 3.05) is 18.4 Å². The Kier molecular flexibility index (Phi) is 7.56. The zero-order chi connectivity index (χ0) is 20.5. The highest BCUT2D eigenvalue weighted by molar-refractivity contribution is 7.92. The molecule has 1 heterocycles. The Morgan fingerprint density at radius 1 is 1.07 bits per heavy atom. The average Bonchev–Trinajstić information content (AvgIpc) is 2.67. The van der Waals surface area contributed by atoms with Crippen molar-refractivity contribution in [3.8, 4) is 0 Å². The third-order valence-electron chi connectivity index (χ3n) is 4.47. The lowest BCUT2D eigenvalue weighted by Gasteiger charge is -2.23. The number of piperidine rings is 1. The molecule has 1 aliphatic heterocycles. The van der Waals surface area contributed by atoms with Crippen molar-refractivity contribution in [3.05, 3.63) is 58.4 Å². The predicted molar refractivity (Wildman–Crippen MR) is 106 cm³/mol. The van der Waals surface area contributed by atoms with Gasteiger partial charge in [0.25, 0.3) is 5.91 Å². The first-order valence-electron chi connectivity index (χ1n) is 8.40. The molecule has 1 fully saturated rings. The summed E-state index contributed by atoms with van der Waals surface area (Å²) in [5, 5.41) is 4.64. The number of rotatable bonds is 4. The van der Waals surface area contributed by atoms with Gasteiger partial charge in [0, 0.05) is 23.4 Å². The topological polar surface area (TPSA) is 75.3 Å². The van der Waals surface area contributed by atoms with Crippen molar-refractivity contribution in [3.63, 3.8) is 0 Å². The summed E-state index contributed by atoms with van der Waals surface area (Å²) >= 11 is 6.06. The van der Waals surface area contributed by atoms with Crippen molar-refractivity contribution >= 4 is 45.4 Å². The summed E-state index contributed by atoms with van der Waals surface area (Å²) in [6.07, 6.45) is 0.840. The van der Waals surface area contributed by atoms with E-state index in [0.29, 0.717) is 38.1 Å². The molecule has 158 valence electrons. The van der Waals surface area contributed by atoms with Gasteiger partial charge in [0.2, 0.25) is 0 Å². The number of carbonyl (C=O) groups is 1. The average molecular weight is 469 g/mol. The summed E-state index contributed by atoms with van der Waals surface area (Å²) in [5.41, 5.74) is -0.374. The first-order valence-corrected chi connectivity index (χ1v) is 10.3. The van der Waals surface area contributed by atoms with Gasteiger partial charge in [0.05, 0.1) is 15.2 Å². The highest BCUT2D eigenvalue weighted by Crippen LogP contribution is 2.29. The summed E-state index contributed by atoms with van der Waals surface area (Å²) in [6.45, 7) is 1.12. The van der Waals surface area contributed by atoms with E-state index in [9.17, 15) is 26.4 Å². The van der Waals surface area contributed by atoms with Gasteiger partial charge >= 0.3 is 0 Å². The summed E-state index contributed by atoms with van der Waals surface area (Å²) in [6, 6.07) is 4.94. The van der Waals surface area contributed by atoms with Gasteiger partial charge in [0.1, 0.15) is 0 Å². The number of carbonyl (C=O) groups excluding carboxylic acids is 1. The fourth-order valence-corrected chi connectivity index (χ4v) is 5.27. The minimum absolute atomic E-state index is 0. The molecule has 1 aliphatic rings. The molecule has 0 atom stereocenters. The van der Waals surface area contributed by atoms with E-state index in [2.05, 4.69) is 10.6 Å². The van der Waals surface area contributed by atoms with E-state index in [1.807, 2.05) is 0 Å². The number of hydrogen-bond acceptors (Lipinski definition) is 4. The molecule has 0 radical (unpaired) electrons. The van der Waals surface area contributed by atoms with E-state index < -0.39 is 38.4 Å². The molecule has 1 amide bonds. The molecule has 2 aromatic carbocycles. The van der Waals surface area contributed by atoms with Gasteiger partial charge in [0.15, 0.2) is 27.3 Å². The fraction of sp³-hybridized carbons (Fsp3) is 0.278. The number of amides is 1. The molecule has 0 bridgehead atoms. The lowest BCUT2D eigenvalue weighted by atomic mass is 10.2. The highest BCUT2D eigenvalue weighted by atomic mass is 35.5. The molecule has 0 aliphatic carbocycles. The summed E-state index contributed by atoms with van der Waals surface area (Å²) in [7, 11) is -3.76. The minimum Gasteiger partial charge on any atom is -0.322 e. The molecule has 11 heteroatoms. The zero-order valence-electron chi connectivity index (χ0n) is 14.8. The Labute approximate surface area is 177 Å². The number of halogens is 5. The third-order valence-corrected chi connectivity index (χ3v) is 7.21. The van der Waals surface area contributed by atoms with E-state index in [0.717, 1.165) is 6.07 Å². The van der Waals surface area contributed by atoms with Crippen LogP contribution in [-0.4, -0.2) is 32.7 Å². The first-order chi connectivity index (χ1) is 13.2. The third kappa shape index (κ3) is 5.03. The maximum absolute atomic E-state index is 13.3. The largest absolute Gasteiger partial charge is 0.322 e. The predicted octanol–water partition coefficient (Wildman–Crippen LogP) is 3.96. The fourth-order valence-electron chi connectivity index (χ4n) is 2.98. The summed E-state index contributed by atoms with van der Waals surface area (Å²) in [5.74, 6) is -5.38. The van der Waals surface area contributed by atoms with Crippen LogP contribution in [0.1, 0.15) is 23.2 Å². The molecule has 3 rings (SSSR count). The van der Waals surface area contributed by atoms with Gasteiger partial charge in [-0.25, -0.2) is 21.6 Å². The molecule has 1 saturated heterocycles. The van der Waals surface area contributed by atoms with E-state index in [1.54, 1.807) is 0 Å². The van der Waals surface area contributed by atoms with Crippen LogP contribution in [0.4, 0.5) is 18.9 Å². The Morgan fingerprint density at radius 3 is 2.24 bits per heavy atom. The summed E-state index contributed by atoms with van der Waals surface area (Å²) < 4.78 is 65.4. The van der Waals surface area contributed by atoms with Crippen LogP contribution in [0.15, 0.2) is 35.2 Å². The van der Waals surface area contributed by atoms with Gasteiger partial charge in [-0.05, 0) is 44.1 Å². The van der Waals surface area contributed by atoms with Crippen molar-refractivity contribution in [1.82, 2.24) is 5.32 Å². The van der Waals surface area contributed by atoms with Gasteiger partial charge in [-0.2, -0.15) is 0 Å². The lowest BCUT2D eigenvalue weighted by molar-refractivity contribution is 0.102. The SMILES string of the molecule is Cl.O=C(Nc1cc(F)c(F)c(F)c1)c1ccc(Cl)c(S(=O)(=O)C2CCNCC2)c1. The molecule has 5 nitrogen and oxygen atoms in total. The minimum atomic E-state index is -3.76. The molecular weight excluding hydrogens is 452 g/mol. The van der Waals surface area contributed by atoms with Crippen LogP contribution < -0.4 is 10.6 Å². The van der Waals surface area contributed by atoms with Crippen molar-refractivity contribution in [2.24, 2.45) is 0 Å². The second kappa shape index (κ2) is 9.34. The van der Waals surface area contributed by atoms with E-state index in [1.165, 1.54) is 12.1 Å². The molecule has 0 saturated carbocycles. The Balaban J connectivity index is 0.00000300. The molecule has 2 aromatic rings. The summed E-state index contributed by atoms with van der Waals surface area (Å²) in [4.78, 5) is 12.2. The normalized spacial score (nSPS) is 14.9. The molecule has 29 heavy (non-hydrogen) atoms. The van der Waals surface area contributed by atoms with Crippen LogP contribution >= 0.6 is 24.0 Å². The van der Waals surface area contributed by atoms with Gasteiger partial charge in [-0.3, -0.25) is 4.79 Å². The highest BCUT2D eigenvalue weighted by Gasteiger charge is 2.31. The van der Waals surface area contributed by atoms with E-state index >= 15 is 0 Å². The van der Waals surface area contributed by atoms with Gasteiger partial charge < -0.3 is 10.6 Å². The number of benzene rings is 2. The number of sulfone groups is 1. The Hall–Kier alpha value is -1.81. The van der Waals surface area contributed by atoms with Crippen molar-refractivity contribution in [2.45, 2.75) is 23.0 Å². The molecular formula is C18H17Cl2F3N2O3S. The van der Waals surface area contributed by atoms with Crippen LogP contribution in [0.5, 0.6) is 0 Å². The van der Waals surface area contributed by atoms with Crippen LogP contribution in [0.25, 0.3) is 0 Å². The standard InChI is InChI=1S/C18H16ClF3N2O3S.ClH/c19-13-2-1-10(7-16(13)28(26,27)12-3-5-23-6-4-12)18(25)24-11-8-14(20)17(22)15(21)9-11;/h1-2,7-9,12,23H,3-6H2,(H,24,25);1H. The van der Waals surface area contributed by atoms with Crippen LogP contribution in [0.3, 0.4) is 0 Å². The van der Waals surface area contributed by atoms with Crippen LogP contribution in [0, 0.1) is 17.5 Å². The Morgan fingerprint density at radius 2 is 1.66 bits per heavy atom. The van der Waals surface area contributed by atoms with Crippen molar-refractivity contribution in [1.29, 1.82) is 0 Å². The van der Waals surface area contributed by atoms with Crippen molar-refractivity contribution < 1.29 is 26.4 Å². The monoisotopic (exact) mass is 468 g/mol. The molecule has 0 unspecified atom stereocenters. The van der Waals surface area contributed by atoms with Crippen LogP contribution in [0.2, 0.25) is 5.02 Å². The zero-order valence-corrected chi connectivity index (χ0v) is 17.2. The van der Waals surface area contributed by atoms with E-state index in [4.69, 9.17) is 11.6 Å². The number of hydrogen-bond donors (Lipinski definition) is 2. The molecule has 2 N–H and O–H groups in total. The number of anilines is 1. The maximum Gasteiger partial charge on any atom is 0.255 e. The second-order valence-electron chi connectivity index (χ2n) is 6.35. The Bertz CT molecular complexity index is 1010. The first kappa shape index (κ1) is 23.5. The van der Waals surface area contributed by atoms with Gasteiger partial charge in [-0.1, -0.05) is 11.6 Å². The van der Waals surface area contributed by atoms with E-state index in [-0.39, 0.29) is 33.6 Å². The molecule has 0 aromatic heterocycles. The molecule has 0 spiro atoms.